The third-order valence-corrected chi connectivity index (χ3v) is 2.40. The van der Waals surface area contributed by atoms with Crippen molar-refractivity contribution in [3.05, 3.63) is 47.0 Å². The molecule has 0 atom stereocenters. The van der Waals surface area contributed by atoms with Gasteiger partial charge in [-0.3, -0.25) is 0 Å². The topological polar surface area (TPSA) is 12.0 Å². The second-order valence-corrected chi connectivity index (χ2v) is 3.53. The summed E-state index contributed by atoms with van der Waals surface area (Å²) in [6.45, 7) is 0.935. The number of fused-ring (bicyclic) bond motifs is 1. The van der Waals surface area contributed by atoms with E-state index in [1.54, 1.807) is 0 Å². The van der Waals surface area contributed by atoms with Crippen LogP contribution >= 0.6 is 0 Å². The lowest BCUT2D eigenvalue weighted by atomic mass is 10.0. The lowest BCUT2D eigenvalue weighted by Crippen LogP contribution is -2.05. The van der Waals surface area contributed by atoms with Gasteiger partial charge in [-0.2, -0.15) is 0 Å². The number of benzene rings is 1. The first-order valence-corrected chi connectivity index (χ1v) is 5.01. The molecule has 1 heteroatoms. The standard InChI is InChI=1S/C13H15N/c1-14-10-11-7-8-12-5-3-2-4-6-13(12)9-11/h3-9,14H,2,10H2,1H3. The van der Waals surface area contributed by atoms with Gasteiger partial charge in [0.1, 0.15) is 0 Å². The molecular weight excluding hydrogens is 170 g/mol. The van der Waals surface area contributed by atoms with Crippen molar-refractivity contribution in [3.8, 4) is 0 Å². The zero-order valence-electron chi connectivity index (χ0n) is 8.46. The van der Waals surface area contributed by atoms with Crippen LogP contribution in [0.5, 0.6) is 0 Å². The van der Waals surface area contributed by atoms with E-state index in [9.17, 15) is 0 Å². The van der Waals surface area contributed by atoms with Crippen molar-refractivity contribution in [3.63, 3.8) is 0 Å². The second-order valence-electron chi connectivity index (χ2n) is 3.53. The highest BCUT2D eigenvalue weighted by atomic mass is 14.8. The van der Waals surface area contributed by atoms with Crippen molar-refractivity contribution in [1.29, 1.82) is 0 Å². The molecule has 0 radical (unpaired) electrons. The fourth-order valence-electron chi connectivity index (χ4n) is 1.70. The van der Waals surface area contributed by atoms with E-state index >= 15 is 0 Å². The molecule has 0 spiro atoms. The summed E-state index contributed by atoms with van der Waals surface area (Å²) < 4.78 is 0. The Labute approximate surface area is 85.2 Å². The van der Waals surface area contributed by atoms with E-state index in [0.717, 1.165) is 13.0 Å². The van der Waals surface area contributed by atoms with Gasteiger partial charge in [0, 0.05) is 6.54 Å². The average molecular weight is 185 g/mol. The van der Waals surface area contributed by atoms with Crippen LogP contribution in [-0.4, -0.2) is 7.05 Å². The normalized spacial score (nSPS) is 13.8. The molecule has 0 aliphatic heterocycles. The first-order valence-electron chi connectivity index (χ1n) is 5.01. The Morgan fingerprint density at radius 1 is 1.14 bits per heavy atom. The van der Waals surface area contributed by atoms with Crippen LogP contribution in [0.3, 0.4) is 0 Å². The summed E-state index contributed by atoms with van der Waals surface area (Å²) >= 11 is 0. The maximum Gasteiger partial charge on any atom is 0.0202 e. The highest BCUT2D eigenvalue weighted by Crippen LogP contribution is 2.18. The minimum absolute atomic E-state index is 0.935. The van der Waals surface area contributed by atoms with Crippen molar-refractivity contribution in [1.82, 2.24) is 5.32 Å². The van der Waals surface area contributed by atoms with Gasteiger partial charge in [-0.1, -0.05) is 36.4 Å². The largest absolute Gasteiger partial charge is 0.316 e. The van der Waals surface area contributed by atoms with Gasteiger partial charge in [0.25, 0.3) is 0 Å². The van der Waals surface area contributed by atoms with Crippen LogP contribution in [0.1, 0.15) is 23.1 Å². The molecule has 1 aromatic carbocycles. The second kappa shape index (κ2) is 4.25. The number of nitrogens with one attached hydrogen (secondary N) is 1. The molecule has 0 bridgehead atoms. The highest BCUT2D eigenvalue weighted by molar-refractivity contribution is 5.67. The number of allylic oxidation sites excluding steroid dienone is 2. The summed E-state index contributed by atoms with van der Waals surface area (Å²) in [5, 5.41) is 3.16. The molecular formula is C13H15N. The fraction of sp³-hybridized carbons (Fsp3) is 0.231. The highest BCUT2D eigenvalue weighted by Gasteiger charge is 2.00. The molecule has 0 saturated carbocycles. The van der Waals surface area contributed by atoms with Gasteiger partial charge in [-0.15, -0.1) is 0 Å². The van der Waals surface area contributed by atoms with Crippen LogP contribution in [0.15, 0.2) is 30.4 Å². The Kier molecular flexibility index (Phi) is 2.80. The van der Waals surface area contributed by atoms with E-state index in [2.05, 4.69) is 47.8 Å². The first-order chi connectivity index (χ1) is 6.90. The molecule has 1 aliphatic rings. The monoisotopic (exact) mass is 185 g/mol. The van der Waals surface area contributed by atoms with Crippen LogP contribution in [0.25, 0.3) is 12.2 Å². The molecule has 0 unspecified atom stereocenters. The van der Waals surface area contributed by atoms with Crippen molar-refractivity contribution in [2.75, 3.05) is 7.05 Å². The lowest BCUT2D eigenvalue weighted by Gasteiger charge is -2.04. The van der Waals surface area contributed by atoms with Crippen molar-refractivity contribution in [2.45, 2.75) is 13.0 Å². The van der Waals surface area contributed by atoms with E-state index in [1.807, 2.05) is 7.05 Å². The van der Waals surface area contributed by atoms with E-state index in [-0.39, 0.29) is 0 Å². The van der Waals surface area contributed by atoms with E-state index in [0.29, 0.717) is 0 Å². The first kappa shape index (κ1) is 9.22. The van der Waals surface area contributed by atoms with Crippen molar-refractivity contribution < 1.29 is 0 Å². The summed E-state index contributed by atoms with van der Waals surface area (Å²) in [4.78, 5) is 0. The average Bonchev–Trinajstić information content (AvgIpc) is 2.42. The van der Waals surface area contributed by atoms with Gasteiger partial charge in [0.15, 0.2) is 0 Å². The van der Waals surface area contributed by atoms with Crippen LogP contribution in [0.4, 0.5) is 0 Å². The quantitative estimate of drug-likeness (QED) is 0.747. The molecule has 2 rings (SSSR count). The molecule has 14 heavy (non-hydrogen) atoms. The SMILES string of the molecule is CNCc1ccc2c(c1)C=CCC=C2. The Hall–Kier alpha value is -1.34. The van der Waals surface area contributed by atoms with Gasteiger partial charge in [-0.05, 0) is 36.2 Å². The molecule has 1 nitrogen and oxygen atoms in total. The summed E-state index contributed by atoms with van der Waals surface area (Å²) in [5.41, 5.74) is 3.98. The molecule has 0 aromatic heterocycles. The Morgan fingerprint density at radius 3 is 2.71 bits per heavy atom. The number of hydrogen-bond acceptors (Lipinski definition) is 1. The van der Waals surface area contributed by atoms with Crippen LogP contribution in [-0.2, 0) is 6.54 Å². The molecule has 1 N–H and O–H groups in total. The molecule has 0 fully saturated rings. The predicted octanol–water partition coefficient (Wildman–Crippen LogP) is 2.84. The zero-order chi connectivity index (χ0) is 9.80. The van der Waals surface area contributed by atoms with Gasteiger partial charge in [0.05, 0.1) is 0 Å². The zero-order valence-corrected chi connectivity index (χ0v) is 8.46. The maximum absolute atomic E-state index is 3.16. The van der Waals surface area contributed by atoms with Gasteiger partial charge < -0.3 is 5.32 Å². The molecule has 0 amide bonds. The molecule has 72 valence electrons. The minimum Gasteiger partial charge on any atom is -0.316 e. The molecule has 1 aliphatic carbocycles. The van der Waals surface area contributed by atoms with Crippen LogP contribution in [0, 0.1) is 0 Å². The summed E-state index contributed by atoms with van der Waals surface area (Å²) in [6.07, 6.45) is 9.83. The van der Waals surface area contributed by atoms with Gasteiger partial charge >= 0.3 is 0 Å². The van der Waals surface area contributed by atoms with Crippen LogP contribution < -0.4 is 5.32 Å². The van der Waals surface area contributed by atoms with E-state index in [1.165, 1.54) is 16.7 Å². The summed E-state index contributed by atoms with van der Waals surface area (Å²) in [5.74, 6) is 0. The van der Waals surface area contributed by atoms with Gasteiger partial charge in [-0.25, -0.2) is 0 Å². The Balaban J connectivity index is 2.38. The minimum atomic E-state index is 0.935. The summed E-state index contributed by atoms with van der Waals surface area (Å²) in [7, 11) is 1.97. The third kappa shape index (κ3) is 1.94. The summed E-state index contributed by atoms with van der Waals surface area (Å²) in [6, 6.07) is 6.62. The lowest BCUT2D eigenvalue weighted by molar-refractivity contribution is 0.817. The van der Waals surface area contributed by atoms with Crippen molar-refractivity contribution >= 4 is 12.2 Å². The fourth-order valence-corrected chi connectivity index (χ4v) is 1.70. The molecule has 0 saturated heterocycles. The molecule has 1 aromatic rings. The Morgan fingerprint density at radius 2 is 1.93 bits per heavy atom. The van der Waals surface area contributed by atoms with Crippen LogP contribution in [0.2, 0.25) is 0 Å². The third-order valence-electron chi connectivity index (χ3n) is 2.40. The number of rotatable bonds is 2. The van der Waals surface area contributed by atoms with E-state index in [4.69, 9.17) is 0 Å². The Bertz CT molecular complexity index is 375. The van der Waals surface area contributed by atoms with E-state index < -0.39 is 0 Å². The number of hydrogen-bond donors (Lipinski definition) is 1. The predicted molar refractivity (Wildman–Crippen MR) is 61.9 cm³/mol. The molecule has 0 heterocycles. The smallest absolute Gasteiger partial charge is 0.0202 e. The van der Waals surface area contributed by atoms with Gasteiger partial charge in [0.2, 0.25) is 0 Å². The maximum atomic E-state index is 3.16. The van der Waals surface area contributed by atoms with Crippen molar-refractivity contribution in [2.24, 2.45) is 0 Å².